The van der Waals surface area contributed by atoms with E-state index in [1.165, 1.54) is 0 Å². The number of hydrogen-bond acceptors (Lipinski definition) is 4. The summed E-state index contributed by atoms with van der Waals surface area (Å²) in [5.41, 5.74) is 4.42. The highest BCUT2D eigenvalue weighted by molar-refractivity contribution is 6.22. The van der Waals surface area contributed by atoms with Crippen molar-refractivity contribution in [3.63, 3.8) is 0 Å². The zero-order chi connectivity index (χ0) is 29.4. The summed E-state index contributed by atoms with van der Waals surface area (Å²) in [7, 11) is 0. The van der Waals surface area contributed by atoms with Crippen molar-refractivity contribution in [1.82, 2.24) is 9.97 Å². The summed E-state index contributed by atoms with van der Waals surface area (Å²) in [6.07, 6.45) is 0. The van der Waals surface area contributed by atoms with Gasteiger partial charge in [0.15, 0.2) is 0 Å². The molecule has 0 unspecified atom stereocenters. The van der Waals surface area contributed by atoms with Crippen LogP contribution in [0.25, 0.3) is 87.4 Å². The Balaban J connectivity index is 1.42. The van der Waals surface area contributed by atoms with Crippen LogP contribution in [0.5, 0.6) is 11.5 Å². The van der Waals surface area contributed by atoms with Crippen molar-refractivity contribution in [1.29, 1.82) is 0 Å². The van der Waals surface area contributed by atoms with E-state index >= 15 is 0 Å². The molecule has 2 aromatic heterocycles. The molecule has 206 valence electrons. The van der Waals surface area contributed by atoms with E-state index in [-0.39, 0.29) is 11.5 Å². The van der Waals surface area contributed by atoms with Crippen molar-refractivity contribution >= 4 is 64.9 Å². The first-order valence-corrected chi connectivity index (χ1v) is 14.6. The maximum atomic E-state index is 11.5. The zero-order valence-corrected chi connectivity index (χ0v) is 23.5. The van der Waals surface area contributed by atoms with E-state index in [0.29, 0.717) is 11.4 Å². The van der Waals surface area contributed by atoms with Crippen molar-refractivity contribution in [2.75, 3.05) is 0 Å². The number of rotatable bonds is 2. The normalized spacial score (nSPS) is 11.8. The molecular formula is C40H24N2O2. The second kappa shape index (κ2) is 9.25. The fourth-order valence-corrected chi connectivity index (χ4v) is 6.80. The first kappa shape index (κ1) is 24.6. The highest BCUT2D eigenvalue weighted by atomic mass is 16.3. The summed E-state index contributed by atoms with van der Waals surface area (Å²) in [5.74, 6) is 0.239. The van der Waals surface area contributed by atoms with Gasteiger partial charge in [-0.05, 0) is 44.5 Å². The van der Waals surface area contributed by atoms with Crippen LogP contribution in [-0.2, 0) is 0 Å². The van der Waals surface area contributed by atoms with E-state index in [9.17, 15) is 10.2 Å². The van der Waals surface area contributed by atoms with Gasteiger partial charge in [0.25, 0.3) is 0 Å². The second-order valence-electron chi connectivity index (χ2n) is 11.3. The fourth-order valence-electron chi connectivity index (χ4n) is 6.80. The smallest absolute Gasteiger partial charge is 0.142 e. The van der Waals surface area contributed by atoms with Crippen molar-refractivity contribution in [3.05, 3.63) is 133 Å². The number of hydrogen-bond donors (Lipinski definition) is 2. The Morgan fingerprint density at radius 2 is 0.659 bits per heavy atom. The Hall–Kier alpha value is -6.00. The third-order valence-corrected chi connectivity index (χ3v) is 8.79. The van der Waals surface area contributed by atoms with E-state index in [1.54, 1.807) is 0 Å². The van der Waals surface area contributed by atoms with Gasteiger partial charge in [-0.1, -0.05) is 121 Å². The largest absolute Gasteiger partial charge is 0.506 e. The Morgan fingerprint density at radius 3 is 1.05 bits per heavy atom. The van der Waals surface area contributed by atoms with E-state index in [0.717, 1.165) is 76.0 Å². The van der Waals surface area contributed by atoms with Gasteiger partial charge in [-0.25, -0.2) is 9.97 Å². The average molecular weight is 565 g/mol. The SMILES string of the molecule is Oc1cc2ccc3ccccc3c2nc1-c1c2ccccc2c(-c2nc3c(ccc4ccccc43)cc2O)c2ccccc12. The first-order valence-electron chi connectivity index (χ1n) is 14.6. The molecule has 0 spiro atoms. The molecule has 0 fully saturated rings. The summed E-state index contributed by atoms with van der Waals surface area (Å²) in [6.45, 7) is 0. The van der Waals surface area contributed by atoms with Crippen LogP contribution in [0.2, 0.25) is 0 Å². The lowest BCUT2D eigenvalue weighted by atomic mass is 9.88. The molecule has 0 aliphatic carbocycles. The van der Waals surface area contributed by atoms with Crippen LogP contribution in [0, 0.1) is 0 Å². The maximum Gasteiger partial charge on any atom is 0.142 e. The lowest BCUT2D eigenvalue weighted by molar-refractivity contribution is 0.475. The molecule has 0 atom stereocenters. The number of fused-ring (bicyclic) bond motifs is 8. The van der Waals surface area contributed by atoms with Gasteiger partial charge in [-0.2, -0.15) is 0 Å². The predicted octanol–water partition coefficient (Wildman–Crippen LogP) is 10.1. The Morgan fingerprint density at radius 1 is 0.341 bits per heavy atom. The van der Waals surface area contributed by atoms with E-state index in [1.807, 2.05) is 72.8 Å². The summed E-state index contributed by atoms with van der Waals surface area (Å²) < 4.78 is 0. The molecule has 0 bridgehead atoms. The highest BCUT2D eigenvalue weighted by Gasteiger charge is 2.22. The molecule has 2 N–H and O–H groups in total. The quantitative estimate of drug-likeness (QED) is 0.162. The van der Waals surface area contributed by atoms with Gasteiger partial charge in [0.2, 0.25) is 0 Å². The van der Waals surface area contributed by atoms with E-state index in [2.05, 4.69) is 60.7 Å². The molecule has 44 heavy (non-hydrogen) atoms. The van der Waals surface area contributed by atoms with Crippen LogP contribution in [0.1, 0.15) is 0 Å². The molecule has 2 heterocycles. The number of pyridine rings is 2. The molecule has 9 rings (SSSR count). The van der Waals surface area contributed by atoms with Gasteiger partial charge in [0.1, 0.15) is 22.9 Å². The summed E-state index contributed by atoms with van der Waals surface area (Å²) >= 11 is 0. The van der Waals surface area contributed by atoms with Crippen molar-refractivity contribution in [2.45, 2.75) is 0 Å². The number of aromatic nitrogens is 2. The van der Waals surface area contributed by atoms with Crippen LogP contribution < -0.4 is 0 Å². The van der Waals surface area contributed by atoms with Gasteiger partial charge in [0.05, 0.1) is 11.0 Å². The molecule has 4 nitrogen and oxygen atoms in total. The molecule has 7 aromatic carbocycles. The predicted molar refractivity (Wildman–Crippen MR) is 181 cm³/mol. The topological polar surface area (TPSA) is 66.2 Å². The van der Waals surface area contributed by atoms with Crippen LogP contribution in [0.15, 0.2) is 133 Å². The van der Waals surface area contributed by atoms with Crippen molar-refractivity contribution < 1.29 is 10.2 Å². The Kier molecular flexibility index (Phi) is 5.17. The Bertz CT molecular complexity index is 2400. The molecule has 0 saturated heterocycles. The Labute approximate surface area is 252 Å². The van der Waals surface area contributed by atoms with Gasteiger partial charge in [0, 0.05) is 32.7 Å². The standard InChI is InChI=1S/C40H24N2O2/c43-33-21-25-19-17-23-9-1-3-11-27(23)37(25)41-39(33)35-29-13-5-7-15-31(29)36(32-16-8-6-14-30(32)35)40-34(44)22-26-20-18-24-10-2-4-12-28(24)38(26)42-40/h1-22,43-44H. The number of nitrogens with zero attached hydrogens (tertiary/aromatic N) is 2. The molecule has 9 aromatic rings. The van der Waals surface area contributed by atoms with Gasteiger partial charge >= 0.3 is 0 Å². The van der Waals surface area contributed by atoms with Crippen LogP contribution >= 0.6 is 0 Å². The highest BCUT2D eigenvalue weighted by Crippen LogP contribution is 2.47. The third-order valence-electron chi connectivity index (χ3n) is 8.79. The fraction of sp³-hybridized carbons (Fsp3) is 0. The van der Waals surface area contributed by atoms with Gasteiger partial charge in [-0.3, -0.25) is 0 Å². The molecule has 0 amide bonds. The first-order chi connectivity index (χ1) is 21.7. The van der Waals surface area contributed by atoms with Crippen molar-refractivity contribution in [3.8, 4) is 34.0 Å². The zero-order valence-electron chi connectivity index (χ0n) is 23.5. The van der Waals surface area contributed by atoms with Crippen LogP contribution in [0.4, 0.5) is 0 Å². The van der Waals surface area contributed by atoms with Crippen LogP contribution in [-0.4, -0.2) is 20.2 Å². The minimum absolute atomic E-state index is 0.119. The maximum absolute atomic E-state index is 11.5. The lowest BCUT2D eigenvalue weighted by Gasteiger charge is -2.18. The minimum Gasteiger partial charge on any atom is -0.506 e. The second-order valence-corrected chi connectivity index (χ2v) is 11.3. The summed E-state index contributed by atoms with van der Waals surface area (Å²) in [5, 5.41) is 32.7. The van der Waals surface area contributed by atoms with Crippen molar-refractivity contribution in [2.24, 2.45) is 0 Å². The number of benzene rings is 7. The molecular weight excluding hydrogens is 540 g/mol. The minimum atomic E-state index is 0.119. The number of aromatic hydroxyl groups is 2. The average Bonchev–Trinajstić information content (AvgIpc) is 3.07. The summed E-state index contributed by atoms with van der Waals surface area (Å²) in [4.78, 5) is 10.3. The van der Waals surface area contributed by atoms with Crippen LogP contribution in [0.3, 0.4) is 0 Å². The third kappa shape index (κ3) is 3.52. The van der Waals surface area contributed by atoms with E-state index < -0.39 is 0 Å². The summed E-state index contributed by atoms with van der Waals surface area (Å²) in [6, 6.07) is 44.4. The van der Waals surface area contributed by atoms with E-state index in [4.69, 9.17) is 9.97 Å². The van der Waals surface area contributed by atoms with Gasteiger partial charge in [-0.15, -0.1) is 0 Å². The van der Waals surface area contributed by atoms with Gasteiger partial charge < -0.3 is 10.2 Å². The molecule has 0 radical (unpaired) electrons. The molecule has 0 aliphatic heterocycles. The molecule has 4 heteroatoms. The monoisotopic (exact) mass is 564 g/mol. The lowest BCUT2D eigenvalue weighted by Crippen LogP contribution is -1.96. The molecule has 0 aliphatic rings. The molecule has 0 saturated carbocycles.